The Morgan fingerprint density at radius 1 is 1.45 bits per heavy atom. The van der Waals surface area contributed by atoms with Crippen molar-refractivity contribution in [1.29, 1.82) is 0 Å². The number of carbonyl (C=O) groups excluding carboxylic acids is 1. The van der Waals surface area contributed by atoms with E-state index >= 15 is 0 Å². The van der Waals surface area contributed by atoms with Crippen molar-refractivity contribution in [1.82, 2.24) is 5.32 Å². The number of rotatable bonds is 6. The molecular weight excluding hydrogens is 258 g/mol. The maximum Gasteiger partial charge on any atom is 0.230 e. The highest BCUT2D eigenvalue weighted by Crippen LogP contribution is 2.24. The van der Waals surface area contributed by atoms with Crippen molar-refractivity contribution >= 4 is 16.9 Å². The van der Waals surface area contributed by atoms with Gasteiger partial charge >= 0.3 is 0 Å². The summed E-state index contributed by atoms with van der Waals surface area (Å²) in [5.74, 6) is 0.0290. The fourth-order valence-electron chi connectivity index (χ4n) is 1.97. The Kier molecular flexibility index (Phi) is 4.76. The highest BCUT2D eigenvalue weighted by atomic mass is 16.5. The number of furan rings is 1. The molecule has 0 aliphatic heterocycles. The summed E-state index contributed by atoms with van der Waals surface area (Å²) in [7, 11) is 1.50. The van der Waals surface area contributed by atoms with Gasteiger partial charge in [0.25, 0.3) is 0 Å². The standard InChI is InChI=1S/C15H19NO4/c1-10(15(18)16-8-12(17)9-19-2)14-7-11-5-3-4-6-13(11)20-14/h3-7,10,12,17H,8-9H2,1-2H3,(H,16,18). The number of ether oxygens (including phenoxy) is 1. The normalized spacial score (nSPS) is 14.2. The third kappa shape index (κ3) is 3.37. The van der Waals surface area contributed by atoms with Crippen molar-refractivity contribution in [2.24, 2.45) is 0 Å². The van der Waals surface area contributed by atoms with E-state index in [1.165, 1.54) is 7.11 Å². The van der Waals surface area contributed by atoms with E-state index in [0.29, 0.717) is 5.76 Å². The lowest BCUT2D eigenvalue weighted by Crippen LogP contribution is -2.36. The number of nitrogens with one attached hydrogen (secondary N) is 1. The molecule has 20 heavy (non-hydrogen) atoms. The van der Waals surface area contributed by atoms with Crippen LogP contribution in [0.25, 0.3) is 11.0 Å². The van der Waals surface area contributed by atoms with Crippen molar-refractivity contribution in [2.45, 2.75) is 18.9 Å². The molecule has 0 radical (unpaired) electrons. The number of amides is 1. The fourth-order valence-corrected chi connectivity index (χ4v) is 1.97. The lowest BCUT2D eigenvalue weighted by Gasteiger charge is -2.13. The Morgan fingerprint density at radius 2 is 2.20 bits per heavy atom. The number of methoxy groups -OCH3 is 1. The molecular formula is C15H19NO4. The zero-order valence-corrected chi connectivity index (χ0v) is 11.6. The molecule has 0 fully saturated rings. The molecule has 0 saturated heterocycles. The zero-order valence-electron chi connectivity index (χ0n) is 11.6. The molecule has 5 heteroatoms. The fraction of sp³-hybridized carbons (Fsp3) is 0.400. The van der Waals surface area contributed by atoms with Gasteiger partial charge in [0.15, 0.2) is 0 Å². The van der Waals surface area contributed by atoms with Crippen molar-refractivity contribution in [3.05, 3.63) is 36.1 Å². The molecule has 1 amide bonds. The van der Waals surface area contributed by atoms with Crippen LogP contribution in [0.1, 0.15) is 18.6 Å². The topological polar surface area (TPSA) is 71.7 Å². The quantitative estimate of drug-likeness (QED) is 0.842. The first-order valence-corrected chi connectivity index (χ1v) is 6.55. The van der Waals surface area contributed by atoms with E-state index in [-0.39, 0.29) is 19.1 Å². The molecule has 0 aliphatic carbocycles. The summed E-state index contributed by atoms with van der Waals surface area (Å²) < 4.78 is 10.5. The minimum absolute atomic E-state index is 0.164. The van der Waals surface area contributed by atoms with Gasteiger partial charge in [-0.25, -0.2) is 0 Å². The Bertz CT molecular complexity index is 545. The first kappa shape index (κ1) is 14.6. The molecule has 5 nitrogen and oxygen atoms in total. The van der Waals surface area contributed by atoms with E-state index in [1.807, 2.05) is 30.3 Å². The lowest BCUT2D eigenvalue weighted by molar-refractivity contribution is -0.123. The highest BCUT2D eigenvalue weighted by molar-refractivity contribution is 5.85. The number of hydrogen-bond acceptors (Lipinski definition) is 4. The summed E-state index contributed by atoms with van der Waals surface area (Å²) in [5.41, 5.74) is 0.765. The number of fused-ring (bicyclic) bond motifs is 1. The summed E-state index contributed by atoms with van der Waals surface area (Å²) in [6, 6.07) is 9.49. The zero-order chi connectivity index (χ0) is 14.5. The SMILES string of the molecule is COCC(O)CNC(=O)C(C)c1cc2ccccc2o1. The monoisotopic (exact) mass is 277 g/mol. The average Bonchev–Trinajstić information content (AvgIpc) is 2.88. The smallest absolute Gasteiger partial charge is 0.230 e. The van der Waals surface area contributed by atoms with E-state index in [4.69, 9.17) is 9.15 Å². The predicted octanol–water partition coefficient (Wildman–Crippen LogP) is 1.66. The van der Waals surface area contributed by atoms with Crippen molar-refractivity contribution < 1.29 is 19.1 Å². The maximum atomic E-state index is 12.0. The van der Waals surface area contributed by atoms with Crippen LogP contribution < -0.4 is 5.32 Å². The van der Waals surface area contributed by atoms with Gasteiger partial charge in [0.05, 0.1) is 18.6 Å². The number of aliphatic hydroxyl groups excluding tert-OH is 1. The van der Waals surface area contributed by atoms with Crippen LogP contribution in [-0.4, -0.2) is 37.4 Å². The summed E-state index contributed by atoms with van der Waals surface area (Å²) >= 11 is 0. The van der Waals surface area contributed by atoms with Gasteiger partial charge in [-0.15, -0.1) is 0 Å². The van der Waals surface area contributed by atoms with Gasteiger partial charge in [0.2, 0.25) is 5.91 Å². The Hall–Kier alpha value is -1.85. The van der Waals surface area contributed by atoms with E-state index in [1.54, 1.807) is 6.92 Å². The summed E-state index contributed by atoms with van der Waals surface area (Å²) in [6.07, 6.45) is -0.702. The van der Waals surface area contributed by atoms with Gasteiger partial charge in [-0.3, -0.25) is 4.79 Å². The van der Waals surface area contributed by atoms with Crippen LogP contribution in [0.4, 0.5) is 0 Å². The highest BCUT2D eigenvalue weighted by Gasteiger charge is 2.19. The molecule has 0 saturated carbocycles. The molecule has 2 aromatic rings. The number of para-hydroxylation sites is 1. The van der Waals surface area contributed by atoms with Gasteiger partial charge in [-0.05, 0) is 19.1 Å². The van der Waals surface area contributed by atoms with Gasteiger partial charge in [0, 0.05) is 19.0 Å². The summed E-state index contributed by atoms with van der Waals surface area (Å²) in [4.78, 5) is 12.0. The molecule has 108 valence electrons. The van der Waals surface area contributed by atoms with Crippen LogP contribution in [0.2, 0.25) is 0 Å². The molecule has 1 aromatic heterocycles. The van der Waals surface area contributed by atoms with Gasteiger partial charge in [-0.2, -0.15) is 0 Å². The van der Waals surface area contributed by atoms with Gasteiger partial charge in [-0.1, -0.05) is 18.2 Å². The van der Waals surface area contributed by atoms with Gasteiger partial charge in [0.1, 0.15) is 11.3 Å². The van der Waals surface area contributed by atoms with E-state index in [9.17, 15) is 9.90 Å². The molecule has 2 rings (SSSR count). The number of aliphatic hydroxyl groups is 1. The summed E-state index contributed by atoms with van der Waals surface area (Å²) in [5, 5.41) is 13.2. The van der Waals surface area contributed by atoms with Crippen LogP contribution in [0.5, 0.6) is 0 Å². The molecule has 2 atom stereocenters. The first-order valence-electron chi connectivity index (χ1n) is 6.55. The third-order valence-electron chi connectivity index (χ3n) is 3.14. The molecule has 2 unspecified atom stereocenters. The van der Waals surface area contributed by atoms with E-state index in [2.05, 4.69) is 5.32 Å². The second kappa shape index (κ2) is 6.54. The van der Waals surface area contributed by atoms with Gasteiger partial charge < -0.3 is 19.6 Å². The van der Waals surface area contributed by atoms with E-state index in [0.717, 1.165) is 11.0 Å². The first-order chi connectivity index (χ1) is 9.61. The largest absolute Gasteiger partial charge is 0.460 e. The molecule has 1 heterocycles. The minimum atomic E-state index is -0.702. The Balaban J connectivity index is 1.99. The maximum absolute atomic E-state index is 12.0. The molecule has 1 aromatic carbocycles. The van der Waals surface area contributed by atoms with Crippen molar-refractivity contribution in [3.63, 3.8) is 0 Å². The number of hydrogen-bond donors (Lipinski definition) is 2. The predicted molar refractivity (Wildman–Crippen MR) is 75.5 cm³/mol. The second-order valence-electron chi connectivity index (χ2n) is 4.76. The van der Waals surface area contributed by atoms with E-state index < -0.39 is 12.0 Å². The van der Waals surface area contributed by atoms with Crippen molar-refractivity contribution in [2.75, 3.05) is 20.3 Å². The van der Waals surface area contributed by atoms with Crippen LogP contribution in [0.15, 0.2) is 34.7 Å². The van der Waals surface area contributed by atoms with Crippen LogP contribution in [-0.2, 0) is 9.53 Å². The van der Waals surface area contributed by atoms with Crippen LogP contribution >= 0.6 is 0 Å². The lowest BCUT2D eigenvalue weighted by atomic mass is 10.1. The number of benzene rings is 1. The molecule has 0 bridgehead atoms. The Labute approximate surface area is 117 Å². The van der Waals surface area contributed by atoms with Crippen LogP contribution in [0.3, 0.4) is 0 Å². The average molecular weight is 277 g/mol. The second-order valence-corrected chi connectivity index (χ2v) is 4.76. The summed E-state index contributed by atoms with van der Waals surface area (Å²) in [6.45, 7) is 2.13. The third-order valence-corrected chi connectivity index (χ3v) is 3.14. The molecule has 0 spiro atoms. The number of carbonyl (C=O) groups is 1. The molecule has 0 aliphatic rings. The van der Waals surface area contributed by atoms with Crippen molar-refractivity contribution in [3.8, 4) is 0 Å². The van der Waals surface area contributed by atoms with Crippen LogP contribution in [0, 0.1) is 0 Å². The minimum Gasteiger partial charge on any atom is -0.460 e. The molecule has 2 N–H and O–H groups in total. The Morgan fingerprint density at radius 3 is 2.90 bits per heavy atom.